The minimum atomic E-state index is -0.293. The molecule has 0 radical (unpaired) electrons. The maximum Gasteiger partial charge on any atom is 0.338 e. The lowest BCUT2D eigenvalue weighted by Gasteiger charge is -2.10. The molecule has 1 aliphatic heterocycles. The molecule has 1 N–H and O–H groups in total. The standard InChI is InChI=1S/C13H16O3S/c1-9-2-4-10(5-3-9)13(15)16-8-11-6-7-12(14)17-11/h2-5,11-12,14H,6-8H2,1H3. The summed E-state index contributed by atoms with van der Waals surface area (Å²) in [4.78, 5) is 11.7. The SMILES string of the molecule is Cc1ccc(C(=O)OCC2CCC(O)S2)cc1. The van der Waals surface area contributed by atoms with Crippen molar-refractivity contribution in [1.82, 2.24) is 0 Å². The third-order valence-electron chi connectivity index (χ3n) is 2.77. The van der Waals surface area contributed by atoms with Gasteiger partial charge in [-0.15, -0.1) is 11.8 Å². The van der Waals surface area contributed by atoms with Crippen LogP contribution in [0.2, 0.25) is 0 Å². The maximum absolute atomic E-state index is 11.7. The first-order valence-corrected chi connectivity index (χ1v) is 6.67. The van der Waals surface area contributed by atoms with Crippen LogP contribution in [0.5, 0.6) is 0 Å². The summed E-state index contributed by atoms with van der Waals surface area (Å²) in [7, 11) is 0. The Morgan fingerprint density at radius 1 is 1.41 bits per heavy atom. The predicted octanol–water partition coefficient (Wildman–Crippen LogP) is 2.37. The van der Waals surface area contributed by atoms with Gasteiger partial charge in [0.15, 0.2) is 0 Å². The second-order valence-electron chi connectivity index (χ2n) is 4.25. The first-order chi connectivity index (χ1) is 8.15. The molecule has 92 valence electrons. The van der Waals surface area contributed by atoms with Crippen LogP contribution in [0, 0.1) is 6.92 Å². The van der Waals surface area contributed by atoms with E-state index in [0.29, 0.717) is 12.2 Å². The summed E-state index contributed by atoms with van der Waals surface area (Å²) in [5, 5.41) is 9.57. The molecule has 0 bridgehead atoms. The van der Waals surface area contributed by atoms with Crippen molar-refractivity contribution in [2.24, 2.45) is 0 Å². The van der Waals surface area contributed by atoms with Gasteiger partial charge >= 0.3 is 5.97 Å². The molecule has 2 rings (SSSR count). The molecule has 0 aliphatic carbocycles. The number of thioether (sulfide) groups is 1. The molecule has 1 saturated heterocycles. The zero-order valence-electron chi connectivity index (χ0n) is 9.76. The van der Waals surface area contributed by atoms with Gasteiger partial charge in [0.1, 0.15) is 6.61 Å². The van der Waals surface area contributed by atoms with E-state index < -0.39 is 0 Å². The number of carbonyl (C=O) groups excluding carboxylic acids is 1. The number of aliphatic hydroxyl groups is 1. The lowest BCUT2D eigenvalue weighted by molar-refractivity contribution is 0.0506. The Morgan fingerprint density at radius 2 is 2.12 bits per heavy atom. The Labute approximate surface area is 105 Å². The number of aryl methyl sites for hydroxylation is 1. The van der Waals surface area contributed by atoms with Crippen molar-refractivity contribution in [3.63, 3.8) is 0 Å². The highest BCUT2D eigenvalue weighted by Gasteiger charge is 2.24. The number of hydrogen-bond acceptors (Lipinski definition) is 4. The summed E-state index contributed by atoms with van der Waals surface area (Å²) >= 11 is 1.48. The van der Waals surface area contributed by atoms with Gasteiger partial charge in [0, 0.05) is 5.25 Å². The fraction of sp³-hybridized carbons (Fsp3) is 0.462. The van der Waals surface area contributed by atoms with Gasteiger partial charge in [-0.05, 0) is 31.9 Å². The molecule has 3 nitrogen and oxygen atoms in total. The minimum Gasteiger partial charge on any atom is -0.461 e. The van der Waals surface area contributed by atoms with Gasteiger partial charge in [0.2, 0.25) is 0 Å². The summed E-state index contributed by atoms with van der Waals surface area (Å²) in [6.07, 6.45) is 1.70. The molecule has 1 aliphatic rings. The number of benzene rings is 1. The van der Waals surface area contributed by atoms with Gasteiger partial charge in [0.25, 0.3) is 0 Å². The van der Waals surface area contributed by atoms with Gasteiger partial charge < -0.3 is 9.84 Å². The van der Waals surface area contributed by atoms with Gasteiger partial charge in [-0.25, -0.2) is 4.79 Å². The van der Waals surface area contributed by atoms with Crippen molar-refractivity contribution in [1.29, 1.82) is 0 Å². The molecule has 1 aromatic carbocycles. The van der Waals surface area contributed by atoms with Crippen LogP contribution in [0.25, 0.3) is 0 Å². The van der Waals surface area contributed by atoms with E-state index in [-0.39, 0.29) is 16.7 Å². The zero-order valence-corrected chi connectivity index (χ0v) is 10.6. The zero-order chi connectivity index (χ0) is 12.3. The number of aliphatic hydroxyl groups excluding tert-OH is 1. The molecule has 1 fully saturated rings. The summed E-state index contributed by atoms with van der Waals surface area (Å²) in [6.45, 7) is 2.36. The van der Waals surface area contributed by atoms with Crippen LogP contribution < -0.4 is 0 Å². The van der Waals surface area contributed by atoms with E-state index >= 15 is 0 Å². The third kappa shape index (κ3) is 3.48. The Hall–Kier alpha value is -1.00. The number of rotatable bonds is 3. The Bertz CT molecular complexity index is 388. The predicted molar refractivity (Wildman–Crippen MR) is 68.1 cm³/mol. The first-order valence-electron chi connectivity index (χ1n) is 5.72. The molecule has 0 aromatic heterocycles. The lowest BCUT2D eigenvalue weighted by Crippen LogP contribution is -2.14. The average molecular weight is 252 g/mol. The van der Waals surface area contributed by atoms with E-state index in [2.05, 4.69) is 0 Å². The fourth-order valence-corrected chi connectivity index (χ4v) is 2.89. The van der Waals surface area contributed by atoms with Crippen LogP contribution in [0.1, 0.15) is 28.8 Å². The van der Waals surface area contributed by atoms with Crippen molar-refractivity contribution in [2.45, 2.75) is 30.5 Å². The van der Waals surface area contributed by atoms with Gasteiger partial charge in [-0.3, -0.25) is 0 Å². The fourth-order valence-electron chi connectivity index (χ4n) is 1.75. The highest BCUT2D eigenvalue weighted by Crippen LogP contribution is 2.31. The van der Waals surface area contributed by atoms with E-state index in [1.807, 2.05) is 19.1 Å². The monoisotopic (exact) mass is 252 g/mol. The summed E-state index contributed by atoms with van der Waals surface area (Å²) in [5.41, 5.74) is 1.41. The van der Waals surface area contributed by atoms with Crippen molar-refractivity contribution in [3.05, 3.63) is 35.4 Å². The van der Waals surface area contributed by atoms with Crippen molar-refractivity contribution < 1.29 is 14.6 Å². The third-order valence-corrected chi connectivity index (χ3v) is 4.08. The molecule has 2 unspecified atom stereocenters. The second-order valence-corrected chi connectivity index (χ2v) is 5.74. The molecule has 1 heterocycles. The number of carbonyl (C=O) groups is 1. The molecule has 0 amide bonds. The molecular formula is C13H16O3S. The molecule has 1 aromatic rings. The summed E-state index contributed by atoms with van der Waals surface area (Å²) in [5.74, 6) is -0.285. The Balaban J connectivity index is 1.83. The summed E-state index contributed by atoms with van der Waals surface area (Å²) in [6, 6.07) is 7.33. The lowest BCUT2D eigenvalue weighted by atomic mass is 10.1. The van der Waals surface area contributed by atoms with Gasteiger partial charge in [0.05, 0.1) is 11.0 Å². The molecule has 0 saturated carbocycles. The highest BCUT2D eigenvalue weighted by molar-refractivity contribution is 8.00. The van der Waals surface area contributed by atoms with Crippen LogP contribution >= 0.6 is 11.8 Å². The van der Waals surface area contributed by atoms with E-state index in [0.717, 1.165) is 18.4 Å². The maximum atomic E-state index is 11.7. The number of esters is 1. The van der Waals surface area contributed by atoms with Crippen LogP contribution in [0.3, 0.4) is 0 Å². The van der Waals surface area contributed by atoms with Crippen LogP contribution in [-0.4, -0.2) is 28.4 Å². The van der Waals surface area contributed by atoms with Gasteiger partial charge in [-0.1, -0.05) is 17.7 Å². The normalized spacial score (nSPS) is 23.6. The largest absolute Gasteiger partial charge is 0.461 e. The number of hydrogen-bond donors (Lipinski definition) is 1. The topological polar surface area (TPSA) is 46.5 Å². The molecule has 2 atom stereocenters. The van der Waals surface area contributed by atoms with E-state index in [9.17, 15) is 9.90 Å². The first kappa shape index (κ1) is 12.5. The average Bonchev–Trinajstić information content (AvgIpc) is 2.73. The van der Waals surface area contributed by atoms with Crippen molar-refractivity contribution >= 4 is 17.7 Å². The van der Waals surface area contributed by atoms with Gasteiger partial charge in [-0.2, -0.15) is 0 Å². The Kier molecular flexibility index (Phi) is 4.07. The van der Waals surface area contributed by atoms with Crippen molar-refractivity contribution in [2.75, 3.05) is 6.61 Å². The van der Waals surface area contributed by atoms with E-state index in [4.69, 9.17) is 4.74 Å². The molecule has 4 heteroatoms. The molecule has 17 heavy (non-hydrogen) atoms. The molecule has 0 spiro atoms. The summed E-state index contributed by atoms with van der Waals surface area (Å²) < 4.78 is 5.23. The molecular weight excluding hydrogens is 236 g/mol. The minimum absolute atomic E-state index is 0.236. The smallest absolute Gasteiger partial charge is 0.338 e. The van der Waals surface area contributed by atoms with E-state index in [1.165, 1.54) is 11.8 Å². The van der Waals surface area contributed by atoms with E-state index in [1.54, 1.807) is 12.1 Å². The Morgan fingerprint density at radius 3 is 2.71 bits per heavy atom. The quantitative estimate of drug-likeness (QED) is 0.839. The number of ether oxygens (including phenoxy) is 1. The second kappa shape index (κ2) is 5.56. The van der Waals surface area contributed by atoms with Crippen LogP contribution in [-0.2, 0) is 4.74 Å². The van der Waals surface area contributed by atoms with Crippen LogP contribution in [0.4, 0.5) is 0 Å². The highest BCUT2D eigenvalue weighted by atomic mass is 32.2. The van der Waals surface area contributed by atoms with Crippen LogP contribution in [0.15, 0.2) is 24.3 Å². The van der Waals surface area contributed by atoms with Crippen molar-refractivity contribution in [3.8, 4) is 0 Å².